The third-order valence-electron chi connectivity index (χ3n) is 3.94. The molecule has 0 N–H and O–H groups in total. The van der Waals surface area contributed by atoms with Crippen LogP contribution in [0.5, 0.6) is 0 Å². The molecular weight excluding hydrogens is 414 g/mol. The summed E-state index contributed by atoms with van der Waals surface area (Å²) >= 11 is 0. The molecule has 0 saturated heterocycles. The zero-order valence-electron chi connectivity index (χ0n) is 15.0. The Balaban J connectivity index is 1.92. The summed E-state index contributed by atoms with van der Waals surface area (Å²) in [6.07, 6.45) is 0.202. The molecule has 3 aromatic rings. The normalized spacial score (nSPS) is 12.3. The summed E-state index contributed by atoms with van der Waals surface area (Å²) in [4.78, 5) is 11.6. The molecule has 3 rings (SSSR count). The molecule has 154 valence electrons. The molecule has 29 heavy (non-hydrogen) atoms. The van der Waals surface area contributed by atoms with Gasteiger partial charge in [0.15, 0.2) is 9.84 Å². The van der Waals surface area contributed by atoms with Crippen LogP contribution in [0.2, 0.25) is 0 Å². The summed E-state index contributed by atoms with van der Waals surface area (Å²) in [7, 11) is -3.32. The Morgan fingerprint density at radius 1 is 1.10 bits per heavy atom. The van der Waals surface area contributed by atoms with E-state index in [1.54, 1.807) is 0 Å². The fourth-order valence-electron chi connectivity index (χ4n) is 2.76. The molecule has 0 atom stereocenters. The fourth-order valence-corrected chi connectivity index (χ4v) is 3.54. The van der Waals surface area contributed by atoms with Crippen LogP contribution in [0, 0.1) is 5.82 Å². The van der Waals surface area contributed by atoms with Crippen molar-refractivity contribution in [2.24, 2.45) is 0 Å². The Bertz CT molecular complexity index is 1210. The van der Waals surface area contributed by atoms with Gasteiger partial charge in [-0.25, -0.2) is 17.5 Å². The second kappa shape index (κ2) is 7.47. The van der Waals surface area contributed by atoms with Gasteiger partial charge in [0.2, 0.25) is 0 Å². The second-order valence-electron chi connectivity index (χ2n) is 6.53. The molecule has 0 unspecified atom stereocenters. The predicted octanol–water partition coefficient (Wildman–Crippen LogP) is 2.95. The van der Waals surface area contributed by atoms with Crippen LogP contribution in [0.25, 0.3) is 16.8 Å². The van der Waals surface area contributed by atoms with E-state index in [1.807, 2.05) is 0 Å². The van der Waals surface area contributed by atoms with E-state index in [0.717, 1.165) is 24.6 Å². The summed E-state index contributed by atoms with van der Waals surface area (Å²) in [6, 6.07) is 6.28. The number of alkyl halides is 3. The van der Waals surface area contributed by atoms with Crippen molar-refractivity contribution in [3.8, 4) is 16.8 Å². The second-order valence-corrected chi connectivity index (χ2v) is 8.67. The van der Waals surface area contributed by atoms with Crippen molar-refractivity contribution in [3.63, 3.8) is 0 Å². The zero-order chi connectivity index (χ0) is 21.4. The van der Waals surface area contributed by atoms with Gasteiger partial charge in [0.25, 0.3) is 5.56 Å². The van der Waals surface area contributed by atoms with Gasteiger partial charge in [-0.3, -0.25) is 4.79 Å². The van der Waals surface area contributed by atoms with Gasteiger partial charge in [-0.1, -0.05) is 12.1 Å². The molecule has 2 aromatic heterocycles. The number of sulfone groups is 1. The first kappa shape index (κ1) is 20.8. The van der Waals surface area contributed by atoms with Crippen molar-refractivity contribution in [2.75, 3.05) is 6.26 Å². The van der Waals surface area contributed by atoms with Crippen molar-refractivity contribution >= 4 is 9.84 Å². The topological polar surface area (TPSA) is 74.0 Å². The number of hydrogen-bond acceptors (Lipinski definition) is 4. The molecule has 2 heterocycles. The highest BCUT2D eigenvalue weighted by molar-refractivity contribution is 7.89. The molecule has 11 heteroatoms. The monoisotopic (exact) mass is 429 g/mol. The lowest BCUT2D eigenvalue weighted by atomic mass is 10.1. The lowest BCUT2D eigenvalue weighted by molar-refractivity contribution is -0.141. The maximum absolute atomic E-state index is 14.4. The maximum atomic E-state index is 14.4. The van der Waals surface area contributed by atoms with Crippen LogP contribution >= 0.6 is 0 Å². The first-order valence-electron chi connectivity index (χ1n) is 8.20. The van der Waals surface area contributed by atoms with E-state index < -0.39 is 33.9 Å². The molecule has 0 aliphatic rings. The van der Waals surface area contributed by atoms with Crippen molar-refractivity contribution in [1.82, 2.24) is 14.3 Å². The van der Waals surface area contributed by atoms with Gasteiger partial charge in [0.1, 0.15) is 12.4 Å². The smallest absolute Gasteiger partial charge is 0.304 e. The standard InChI is InChI=1S/C18H15F4N3O3S/c1-29(27,28)10-12-2-4-15(16(19)6-12)13-7-23-25(8-13)14-3-5-17(26)24(9-14)11-18(20,21)22/h2-9H,10-11H2,1H3. The first-order valence-corrected chi connectivity index (χ1v) is 10.3. The third-order valence-corrected chi connectivity index (χ3v) is 4.80. The SMILES string of the molecule is CS(=O)(=O)Cc1ccc(-c2cnn(-c3ccc(=O)n(CC(F)(F)F)c3)c2)c(F)c1. The third kappa shape index (κ3) is 5.31. The zero-order valence-corrected chi connectivity index (χ0v) is 15.8. The molecule has 0 fully saturated rings. The van der Waals surface area contributed by atoms with Crippen LogP contribution in [0.15, 0.2) is 53.7 Å². The number of rotatable bonds is 5. The Morgan fingerprint density at radius 3 is 2.45 bits per heavy atom. The minimum absolute atomic E-state index is 0.150. The molecule has 0 spiro atoms. The summed E-state index contributed by atoms with van der Waals surface area (Å²) in [6.45, 7) is -1.44. The van der Waals surface area contributed by atoms with Gasteiger partial charge >= 0.3 is 6.18 Å². The maximum Gasteiger partial charge on any atom is 0.406 e. The fraction of sp³-hybridized carbons (Fsp3) is 0.222. The van der Waals surface area contributed by atoms with Gasteiger partial charge in [-0.05, 0) is 17.7 Å². The van der Waals surface area contributed by atoms with E-state index in [-0.39, 0.29) is 17.0 Å². The lowest BCUT2D eigenvalue weighted by Crippen LogP contribution is -2.27. The molecule has 1 aromatic carbocycles. The van der Waals surface area contributed by atoms with Gasteiger partial charge in [0, 0.05) is 35.8 Å². The number of aromatic nitrogens is 3. The average molecular weight is 429 g/mol. The van der Waals surface area contributed by atoms with Crippen LogP contribution in [0.4, 0.5) is 17.6 Å². The Hall–Kier alpha value is -2.95. The Morgan fingerprint density at radius 2 is 1.83 bits per heavy atom. The molecule has 0 amide bonds. The van der Waals surface area contributed by atoms with Crippen molar-refractivity contribution in [2.45, 2.75) is 18.5 Å². The van der Waals surface area contributed by atoms with Crippen LogP contribution in [-0.2, 0) is 22.1 Å². The van der Waals surface area contributed by atoms with E-state index in [4.69, 9.17) is 0 Å². The molecule has 0 radical (unpaired) electrons. The van der Waals surface area contributed by atoms with Crippen LogP contribution in [0.1, 0.15) is 5.56 Å². The van der Waals surface area contributed by atoms with Gasteiger partial charge in [0.05, 0.1) is 17.6 Å². The number of pyridine rings is 1. The van der Waals surface area contributed by atoms with E-state index in [1.165, 1.54) is 35.3 Å². The quantitative estimate of drug-likeness (QED) is 0.585. The predicted molar refractivity (Wildman–Crippen MR) is 97.8 cm³/mol. The highest BCUT2D eigenvalue weighted by atomic mass is 32.2. The summed E-state index contributed by atoms with van der Waals surface area (Å²) in [5, 5.41) is 4.01. The van der Waals surface area contributed by atoms with E-state index in [0.29, 0.717) is 15.7 Å². The number of halogens is 4. The number of nitrogens with zero attached hydrogens (tertiary/aromatic N) is 3. The van der Waals surface area contributed by atoms with Crippen LogP contribution in [-0.4, -0.2) is 35.2 Å². The van der Waals surface area contributed by atoms with E-state index >= 15 is 0 Å². The van der Waals surface area contributed by atoms with Crippen molar-refractivity contribution in [3.05, 3.63) is 70.7 Å². The lowest BCUT2D eigenvalue weighted by Gasteiger charge is -2.10. The van der Waals surface area contributed by atoms with Gasteiger partial charge in [-0.2, -0.15) is 18.3 Å². The summed E-state index contributed by atoms with van der Waals surface area (Å²) in [5.41, 5.74) is 0.152. The molecular formula is C18H15F4N3O3S. The molecule has 0 aliphatic carbocycles. The summed E-state index contributed by atoms with van der Waals surface area (Å²) in [5.74, 6) is -0.961. The van der Waals surface area contributed by atoms with E-state index in [2.05, 4.69) is 5.10 Å². The Labute approximate surface area is 162 Å². The van der Waals surface area contributed by atoms with E-state index in [9.17, 15) is 30.8 Å². The minimum atomic E-state index is -4.56. The van der Waals surface area contributed by atoms with Crippen molar-refractivity contribution < 1.29 is 26.0 Å². The van der Waals surface area contributed by atoms with Crippen molar-refractivity contribution in [1.29, 1.82) is 0 Å². The van der Waals surface area contributed by atoms with Gasteiger partial charge in [-0.15, -0.1) is 0 Å². The van der Waals surface area contributed by atoms with Gasteiger partial charge < -0.3 is 4.57 Å². The molecule has 0 bridgehead atoms. The van der Waals surface area contributed by atoms with Crippen LogP contribution < -0.4 is 5.56 Å². The molecule has 0 aliphatic heterocycles. The Kier molecular flexibility index (Phi) is 5.35. The largest absolute Gasteiger partial charge is 0.406 e. The molecule has 6 nitrogen and oxygen atoms in total. The van der Waals surface area contributed by atoms with Crippen LogP contribution in [0.3, 0.4) is 0 Å². The number of benzene rings is 1. The highest BCUT2D eigenvalue weighted by Crippen LogP contribution is 2.25. The minimum Gasteiger partial charge on any atom is -0.304 e. The average Bonchev–Trinajstić information content (AvgIpc) is 3.04. The highest BCUT2D eigenvalue weighted by Gasteiger charge is 2.28. The molecule has 0 saturated carbocycles. The number of hydrogen-bond donors (Lipinski definition) is 0. The summed E-state index contributed by atoms with van der Waals surface area (Å²) < 4.78 is 76.6. The first-order chi connectivity index (χ1) is 13.4.